The van der Waals surface area contributed by atoms with Crippen molar-refractivity contribution in [2.75, 3.05) is 150 Å². The van der Waals surface area contributed by atoms with E-state index in [0.29, 0.717) is 153 Å². The molecule has 12 heterocycles. The summed E-state index contributed by atoms with van der Waals surface area (Å²) in [6.07, 6.45) is 30.2. The number of carbonyl (C=O) groups is 6. The van der Waals surface area contributed by atoms with Crippen LogP contribution in [0.25, 0.3) is 65.4 Å². The van der Waals surface area contributed by atoms with E-state index < -0.39 is 0 Å². The fourth-order valence-electron chi connectivity index (χ4n) is 28.0. The second kappa shape index (κ2) is 46.5. The molecular weight excluding hydrogens is 1870 g/mol. The Labute approximate surface area is 867 Å². The third kappa shape index (κ3) is 22.9. The smallest absolute Gasteiger partial charge is 0.139 e. The third-order valence-electron chi connectivity index (χ3n) is 33.5. The number of nitrogens with one attached hydrogen (secondary N) is 6. The van der Waals surface area contributed by atoms with Crippen LogP contribution in [0.3, 0.4) is 0 Å². The lowest BCUT2D eigenvalue weighted by Crippen LogP contribution is -2.50. The van der Waals surface area contributed by atoms with Crippen molar-refractivity contribution >= 4 is 171 Å². The number of thioether (sulfide) groups is 6. The van der Waals surface area contributed by atoms with Gasteiger partial charge in [-0.25, -0.2) is 0 Å². The first-order valence-electron chi connectivity index (χ1n) is 53.1. The van der Waals surface area contributed by atoms with Crippen molar-refractivity contribution in [3.63, 3.8) is 0 Å². The van der Waals surface area contributed by atoms with Crippen LogP contribution in [0.4, 0.5) is 0 Å². The molecule has 0 unspecified atom stereocenters. The zero-order valence-electron chi connectivity index (χ0n) is 85.9. The van der Waals surface area contributed by atoms with Gasteiger partial charge in [-0.05, 0) is 346 Å². The molecule has 142 heavy (non-hydrogen) atoms. The molecule has 12 aromatic rings. The predicted molar refractivity (Wildman–Crippen MR) is 602 cm³/mol. The van der Waals surface area contributed by atoms with Gasteiger partial charge in [0.2, 0.25) is 0 Å². The maximum absolute atomic E-state index is 11.3. The Morgan fingerprint density at radius 2 is 0.437 bits per heavy atom. The van der Waals surface area contributed by atoms with Crippen molar-refractivity contribution in [3.8, 4) is 0 Å². The monoisotopic (exact) mass is 2030 g/mol. The first-order chi connectivity index (χ1) is 68.9. The van der Waals surface area contributed by atoms with Gasteiger partial charge in [0.1, 0.15) is 34.7 Å². The number of hydrogen-bond donors (Lipinski definition) is 6. The Balaban J connectivity index is 0.000000108. The Bertz CT molecular complexity index is 5830. The largest absolute Gasteiger partial charge is 0.361 e. The van der Waals surface area contributed by atoms with Crippen LogP contribution in [0.15, 0.2) is 146 Å². The molecule has 6 saturated heterocycles. The van der Waals surface area contributed by atoms with Gasteiger partial charge in [-0.1, -0.05) is 86.6 Å². The number of likely N-dealkylation sites (N-methyl/N-ethyl adjacent to an activating group) is 4. The number of piperidine rings is 6. The number of H-pyrrole nitrogens is 6. The van der Waals surface area contributed by atoms with Gasteiger partial charge in [-0.3, -0.25) is 38.6 Å². The van der Waals surface area contributed by atoms with Gasteiger partial charge < -0.3 is 49.5 Å². The van der Waals surface area contributed by atoms with E-state index in [1.165, 1.54) is 211 Å². The zero-order chi connectivity index (χ0) is 98.7. The summed E-state index contributed by atoms with van der Waals surface area (Å²) in [5.41, 5.74) is 25.9. The second-order valence-electron chi connectivity index (χ2n) is 44.4. The average molecular weight is 2030 g/mol. The predicted octanol–water partition coefficient (Wildman–Crippen LogP) is 22.3. The topological polar surface area (TPSA) is 217 Å². The highest BCUT2D eigenvalue weighted by Gasteiger charge is 2.47. The number of aromatic amines is 6. The molecule has 12 aliphatic rings. The molecule has 6 aliphatic heterocycles. The summed E-state index contributed by atoms with van der Waals surface area (Å²) < 4.78 is 0. The number of likely N-dealkylation sites (tertiary alicyclic amines) is 6. The van der Waals surface area contributed by atoms with Gasteiger partial charge in [0.25, 0.3) is 0 Å². The van der Waals surface area contributed by atoms with Gasteiger partial charge >= 0.3 is 0 Å². The Kier molecular flexibility index (Phi) is 33.7. The second-order valence-corrected chi connectivity index (χ2v) is 50.6. The molecule has 0 spiro atoms. The van der Waals surface area contributed by atoms with Crippen molar-refractivity contribution in [2.24, 2.45) is 35.5 Å². The summed E-state index contributed by atoms with van der Waals surface area (Å²) in [4.78, 5) is 104. The summed E-state index contributed by atoms with van der Waals surface area (Å²) >= 11 is 10.9. The molecule has 24 rings (SSSR count). The van der Waals surface area contributed by atoms with Crippen LogP contribution in [0.1, 0.15) is 209 Å². The van der Waals surface area contributed by atoms with Crippen LogP contribution >= 0.6 is 70.6 Å². The summed E-state index contributed by atoms with van der Waals surface area (Å²) in [6, 6.07) is 44.1. The molecule has 6 fully saturated rings. The van der Waals surface area contributed by atoms with Crippen LogP contribution < -0.4 is 0 Å². The Hall–Kier alpha value is -7.56. The van der Waals surface area contributed by atoms with Crippen molar-refractivity contribution in [3.05, 3.63) is 213 Å². The molecular formula is C118H152N12O6S6. The van der Waals surface area contributed by atoms with Crippen LogP contribution in [0.2, 0.25) is 0 Å². The minimum absolute atomic E-state index is 0.288. The van der Waals surface area contributed by atoms with Crippen molar-refractivity contribution < 1.29 is 28.8 Å². The highest BCUT2D eigenvalue weighted by atomic mass is 32.2. The number of aromatic nitrogens is 6. The number of benzene rings is 6. The van der Waals surface area contributed by atoms with Gasteiger partial charge in [0.15, 0.2) is 0 Å². The van der Waals surface area contributed by atoms with Gasteiger partial charge in [-0.15, -0.1) is 0 Å². The Morgan fingerprint density at radius 1 is 0.261 bits per heavy atom. The van der Waals surface area contributed by atoms with E-state index in [4.69, 9.17) is 0 Å². The molecule has 6 aromatic heterocycles. The van der Waals surface area contributed by atoms with E-state index >= 15 is 0 Å². The summed E-state index contributed by atoms with van der Waals surface area (Å²) in [7, 11) is 9.10. The van der Waals surface area contributed by atoms with Crippen molar-refractivity contribution in [1.82, 2.24) is 59.3 Å². The number of nitrogens with zero attached hydrogens (tertiary/aromatic N) is 6. The molecule has 756 valence electrons. The molecule has 0 saturated carbocycles. The van der Waals surface area contributed by atoms with E-state index in [1.54, 1.807) is 99.7 Å². The summed E-state index contributed by atoms with van der Waals surface area (Å²) in [5, 5.41) is 8.85. The number of fused-ring (bicyclic) bond motifs is 12. The van der Waals surface area contributed by atoms with Crippen molar-refractivity contribution in [2.45, 2.75) is 217 Å². The molecule has 0 bridgehead atoms. The molecule has 6 aromatic carbocycles. The van der Waals surface area contributed by atoms with Crippen LogP contribution in [0, 0.1) is 35.5 Å². The lowest BCUT2D eigenvalue weighted by molar-refractivity contribution is -0.115. The Morgan fingerprint density at radius 3 is 0.620 bits per heavy atom. The van der Waals surface area contributed by atoms with Crippen LogP contribution in [0.5, 0.6) is 0 Å². The van der Waals surface area contributed by atoms with E-state index in [1.807, 2.05) is 23.5 Å². The quantitative estimate of drug-likeness (QED) is 0.0269. The maximum Gasteiger partial charge on any atom is 0.139 e. The number of rotatable bonds is 28. The number of carbonyl (C=O) groups excluding carboxylic acids is 6. The molecule has 0 amide bonds. The molecule has 18 nitrogen and oxygen atoms in total. The molecule has 6 aliphatic carbocycles. The average Bonchev–Trinajstić information content (AvgIpc) is 1.58. The lowest BCUT2D eigenvalue weighted by atomic mass is 9.72. The molecule has 24 heteroatoms. The van der Waals surface area contributed by atoms with E-state index in [9.17, 15) is 28.8 Å². The third-order valence-corrected chi connectivity index (χ3v) is 41.5. The zero-order valence-corrected chi connectivity index (χ0v) is 90.8. The fraction of sp³-hybridized carbons (Fsp3) is 0.542. The van der Waals surface area contributed by atoms with E-state index in [0.717, 1.165) is 86.4 Å². The standard InChI is InChI=1S/2C21H28N2OS.4C19H24N2OS/c2*1-3-7-23-11-15(13-25-12-14(2)24)8-18-17-5-4-6-19-21(17)16(10-22-19)9-20(18)23;4*1-12(22)10-23-11-13-6-16-15-4-3-5-17-19(15)14(8-20-17)7-18(16)21(2)9-13/h2*4-6,10,15,18,20,22H,3,7-9,11-13H2,1-2H3;4*3-5,8,13,16,18,20H,6-7,9-11H2,1-2H3/t2*15-,18-,20-;4*13-,16-,18-/m111111/s1. The van der Waals surface area contributed by atoms with Crippen LogP contribution in [-0.2, 0) is 67.3 Å². The van der Waals surface area contributed by atoms with Gasteiger partial charge in [0.05, 0.1) is 34.5 Å². The van der Waals surface area contributed by atoms with E-state index in [2.05, 4.69) is 248 Å². The lowest BCUT2D eigenvalue weighted by Gasteiger charge is -2.47. The van der Waals surface area contributed by atoms with Gasteiger partial charge in [0, 0.05) is 214 Å². The fourth-order valence-corrected chi connectivity index (χ4v) is 33.9. The molecule has 6 N–H and O–H groups in total. The van der Waals surface area contributed by atoms with Crippen LogP contribution in [-0.4, -0.2) is 280 Å². The minimum atomic E-state index is 0.288. The first kappa shape index (κ1) is 103. The first-order valence-corrected chi connectivity index (χ1v) is 60.0. The number of ketones is 6. The number of Topliss-reactive ketones (excluding diaryl/α,β-unsaturated/α-hetero) is 6. The molecule has 18 atom stereocenters. The summed E-state index contributed by atoms with van der Waals surface area (Å²) in [5.74, 6) is 20.2. The number of hydrogen-bond acceptors (Lipinski definition) is 18. The van der Waals surface area contributed by atoms with E-state index in [-0.39, 0.29) is 23.1 Å². The summed E-state index contributed by atoms with van der Waals surface area (Å²) in [6.45, 7) is 24.1. The maximum atomic E-state index is 11.3. The SMILES string of the molecule is CC(=O)CSC[C@@H]1C[C@@H]2c3cccc4[nH]cc(c34)C[C@H]2N(C)C1.CC(=O)CSC[C@@H]1C[C@@H]2c3cccc4[nH]cc(c34)C[C@H]2N(C)C1.CC(=O)CSC[C@@H]1C[C@@H]2c3cccc4[nH]cc(c34)C[C@H]2N(C)C1.CC(=O)CSC[C@@H]1C[C@@H]2c3cccc4[nH]cc(c34)C[C@H]2N(C)C1.CCCN1C[C@H](CSCC(C)=O)C[C@@H]2c3cccc4[nH]cc(c34)C[C@H]21.CCCN1C[C@H](CSCC(C)=O)C[C@@H]2c3cccc4[nH]cc(c34)C[C@H]21. The highest BCUT2D eigenvalue weighted by molar-refractivity contribution is 8.01. The molecule has 0 radical (unpaired) electrons. The normalized spacial score (nSPS) is 26.7. The van der Waals surface area contributed by atoms with Gasteiger partial charge in [-0.2, -0.15) is 70.6 Å². The highest BCUT2D eigenvalue weighted by Crippen LogP contribution is 2.53. The van der Waals surface area contributed by atoms with Crippen molar-refractivity contribution in [1.29, 1.82) is 0 Å². The minimum Gasteiger partial charge on any atom is -0.361 e.